The first-order chi connectivity index (χ1) is 25.0. The highest BCUT2D eigenvalue weighted by Gasteiger charge is 2.17. The molecule has 52 heavy (non-hydrogen) atoms. The normalized spacial score (nSPS) is 12.0. The number of hydrogen-bond donors (Lipinski definition) is 0. The predicted octanol–water partition coefficient (Wildman–Crippen LogP) is 11.6. The SMILES string of the molecule is C=Cc1cc(-c2nnc(-c3ccc(CCCCCCOC(C)(C)C)cc3)o2)ccc1-c1nnc(-c2ccc(CCCCCCOC(C)(C)C)cc2)o1. The first-order valence-corrected chi connectivity index (χ1v) is 18.9. The maximum Gasteiger partial charge on any atom is 0.248 e. The van der Waals surface area contributed by atoms with Crippen molar-refractivity contribution in [1.29, 1.82) is 0 Å². The summed E-state index contributed by atoms with van der Waals surface area (Å²) in [5.41, 5.74) is 6.69. The molecule has 0 unspecified atom stereocenters. The van der Waals surface area contributed by atoms with Crippen LogP contribution in [0.15, 0.2) is 82.1 Å². The van der Waals surface area contributed by atoms with Gasteiger partial charge >= 0.3 is 0 Å². The number of nitrogens with zero attached hydrogens (tertiary/aromatic N) is 4. The second-order valence-electron chi connectivity index (χ2n) is 15.5. The van der Waals surface area contributed by atoms with Crippen LogP contribution in [0.2, 0.25) is 0 Å². The van der Waals surface area contributed by atoms with Crippen molar-refractivity contribution in [3.63, 3.8) is 0 Å². The topological polar surface area (TPSA) is 96.3 Å². The Labute approximate surface area is 310 Å². The predicted molar refractivity (Wildman–Crippen MR) is 210 cm³/mol. The summed E-state index contributed by atoms with van der Waals surface area (Å²) in [5, 5.41) is 17.4. The number of rotatable bonds is 19. The van der Waals surface area contributed by atoms with Crippen molar-refractivity contribution in [2.45, 2.75) is 117 Å². The first-order valence-electron chi connectivity index (χ1n) is 18.9. The Balaban J connectivity index is 1.12. The number of ether oxygens (including phenoxy) is 2. The van der Waals surface area contributed by atoms with Crippen molar-refractivity contribution in [2.75, 3.05) is 13.2 Å². The monoisotopic (exact) mass is 704 g/mol. The minimum Gasteiger partial charge on any atom is -0.416 e. The van der Waals surface area contributed by atoms with E-state index >= 15 is 0 Å². The fraction of sp³-hybridized carbons (Fsp3) is 0.455. The van der Waals surface area contributed by atoms with Gasteiger partial charge in [-0.1, -0.05) is 62.6 Å². The standard InChI is InChI=1S/C44H56N4O4/c1-8-34-31-37(41-47-45-39(51-41)35-23-19-32(20-24-35)17-13-9-11-15-29-49-43(2,3)4)27-28-38(34)42-48-46-40(52-42)36-25-21-33(22-26-36)18-14-10-12-16-30-50-44(5,6)7/h8,19-28,31H,1,9-18,29-30H2,2-7H3. The smallest absolute Gasteiger partial charge is 0.248 e. The number of aryl methyl sites for hydroxylation is 2. The van der Waals surface area contributed by atoms with E-state index in [-0.39, 0.29) is 11.2 Å². The molecule has 0 spiro atoms. The van der Waals surface area contributed by atoms with E-state index in [1.807, 2.05) is 18.2 Å². The number of aromatic nitrogens is 4. The van der Waals surface area contributed by atoms with Crippen molar-refractivity contribution in [1.82, 2.24) is 20.4 Å². The molecule has 0 saturated heterocycles. The quantitative estimate of drug-likeness (QED) is 0.0784. The van der Waals surface area contributed by atoms with Gasteiger partial charge in [0, 0.05) is 35.5 Å². The van der Waals surface area contributed by atoms with Crippen LogP contribution in [0.5, 0.6) is 0 Å². The van der Waals surface area contributed by atoms with Crippen LogP contribution in [0.25, 0.3) is 51.9 Å². The Kier molecular flexibility index (Phi) is 13.7. The van der Waals surface area contributed by atoms with Crippen molar-refractivity contribution >= 4 is 6.08 Å². The maximum absolute atomic E-state index is 6.13. The molecule has 0 aliphatic rings. The van der Waals surface area contributed by atoms with Gasteiger partial charge in [-0.2, -0.15) is 0 Å². The molecule has 0 aliphatic heterocycles. The fourth-order valence-corrected chi connectivity index (χ4v) is 5.92. The van der Waals surface area contributed by atoms with Crippen molar-refractivity contribution in [2.24, 2.45) is 0 Å². The summed E-state index contributed by atoms with van der Waals surface area (Å²) >= 11 is 0. The van der Waals surface area contributed by atoms with Gasteiger partial charge in [-0.25, -0.2) is 0 Å². The van der Waals surface area contributed by atoms with Crippen molar-refractivity contribution < 1.29 is 18.3 Å². The molecule has 0 saturated carbocycles. The van der Waals surface area contributed by atoms with E-state index in [0.29, 0.717) is 23.6 Å². The van der Waals surface area contributed by atoms with Crippen LogP contribution in [0.4, 0.5) is 0 Å². The summed E-state index contributed by atoms with van der Waals surface area (Å²) in [6.07, 6.45) is 13.2. The van der Waals surface area contributed by atoms with E-state index in [0.717, 1.165) is 79.6 Å². The summed E-state index contributed by atoms with van der Waals surface area (Å²) in [7, 11) is 0. The van der Waals surface area contributed by atoms with Gasteiger partial charge in [0.2, 0.25) is 23.6 Å². The lowest BCUT2D eigenvalue weighted by molar-refractivity contribution is -0.00510. The third-order valence-electron chi connectivity index (χ3n) is 8.79. The van der Waals surface area contributed by atoms with Gasteiger partial charge in [-0.05, 0) is 139 Å². The maximum atomic E-state index is 6.13. The average molecular weight is 705 g/mol. The van der Waals surface area contributed by atoms with Gasteiger partial charge < -0.3 is 18.3 Å². The Morgan fingerprint density at radius 2 is 0.923 bits per heavy atom. The highest BCUT2D eigenvalue weighted by Crippen LogP contribution is 2.32. The molecule has 5 aromatic rings. The lowest BCUT2D eigenvalue weighted by Crippen LogP contribution is -2.19. The molecule has 3 aromatic carbocycles. The zero-order valence-corrected chi connectivity index (χ0v) is 32.0. The molecule has 2 aromatic heterocycles. The molecule has 276 valence electrons. The molecule has 5 rings (SSSR count). The van der Waals surface area contributed by atoms with Crippen LogP contribution in [-0.2, 0) is 22.3 Å². The van der Waals surface area contributed by atoms with Crippen molar-refractivity contribution in [3.05, 3.63) is 90.0 Å². The molecule has 0 atom stereocenters. The van der Waals surface area contributed by atoms with E-state index in [1.165, 1.54) is 36.8 Å². The fourth-order valence-electron chi connectivity index (χ4n) is 5.92. The Morgan fingerprint density at radius 1 is 0.519 bits per heavy atom. The molecule has 0 N–H and O–H groups in total. The number of unbranched alkanes of at least 4 members (excludes halogenated alkanes) is 6. The summed E-state index contributed by atoms with van der Waals surface area (Å²) in [5.74, 6) is 1.83. The molecule has 0 bridgehead atoms. The highest BCUT2D eigenvalue weighted by atomic mass is 16.5. The Bertz CT molecular complexity index is 1830. The summed E-state index contributed by atoms with van der Waals surface area (Å²) in [6, 6.07) is 22.6. The second kappa shape index (κ2) is 18.4. The highest BCUT2D eigenvalue weighted by molar-refractivity contribution is 5.75. The third-order valence-corrected chi connectivity index (χ3v) is 8.79. The zero-order valence-electron chi connectivity index (χ0n) is 32.0. The van der Waals surface area contributed by atoms with Gasteiger partial charge in [-0.15, -0.1) is 20.4 Å². The molecule has 0 radical (unpaired) electrons. The van der Waals surface area contributed by atoms with Crippen LogP contribution in [-0.4, -0.2) is 44.8 Å². The third kappa shape index (κ3) is 12.1. The summed E-state index contributed by atoms with van der Waals surface area (Å²) < 4.78 is 23.9. The van der Waals surface area contributed by atoms with Crippen LogP contribution in [0.3, 0.4) is 0 Å². The summed E-state index contributed by atoms with van der Waals surface area (Å²) in [6.45, 7) is 18.3. The van der Waals surface area contributed by atoms with Gasteiger partial charge in [0.15, 0.2) is 0 Å². The molecule has 0 fully saturated rings. The minimum atomic E-state index is -0.0575. The number of benzene rings is 3. The minimum absolute atomic E-state index is 0.0570. The van der Waals surface area contributed by atoms with Crippen molar-refractivity contribution in [3.8, 4) is 45.8 Å². The van der Waals surface area contributed by atoms with Crippen LogP contribution >= 0.6 is 0 Å². The van der Waals surface area contributed by atoms with E-state index in [1.54, 1.807) is 6.08 Å². The van der Waals surface area contributed by atoms with Gasteiger partial charge in [0.1, 0.15) is 0 Å². The van der Waals surface area contributed by atoms with Crippen LogP contribution in [0.1, 0.15) is 110 Å². The molecule has 0 amide bonds. The molecule has 0 aliphatic carbocycles. The largest absolute Gasteiger partial charge is 0.416 e. The molecule has 8 heteroatoms. The Hall–Kier alpha value is -4.40. The first kappa shape index (κ1) is 38.8. The average Bonchev–Trinajstić information content (AvgIpc) is 3.82. The second-order valence-corrected chi connectivity index (χ2v) is 15.5. The van der Waals surface area contributed by atoms with Gasteiger partial charge in [0.25, 0.3) is 0 Å². The molecule has 8 nitrogen and oxygen atoms in total. The summed E-state index contributed by atoms with van der Waals surface area (Å²) in [4.78, 5) is 0. The molecule has 2 heterocycles. The molecular formula is C44H56N4O4. The van der Waals surface area contributed by atoms with Gasteiger partial charge in [0.05, 0.1) is 11.2 Å². The molecular weight excluding hydrogens is 649 g/mol. The lowest BCUT2D eigenvalue weighted by atomic mass is 10.0. The van der Waals surface area contributed by atoms with Crippen LogP contribution < -0.4 is 0 Å². The van der Waals surface area contributed by atoms with E-state index in [2.05, 4.69) is 117 Å². The lowest BCUT2D eigenvalue weighted by Gasteiger charge is -2.19. The zero-order chi connectivity index (χ0) is 37.0. The Morgan fingerprint density at radius 3 is 1.38 bits per heavy atom. The number of hydrogen-bond acceptors (Lipinski definition) is 8. The van der Waals surface area contributed by atoms with E-state index in [4.69, 9.17) is 18.3 Å². The van der Waals surface area contributed by atoms with E-state index in [9.17, 15) is 0 Å². The van der Waals surface area contributed by atoms with Gasteiger partial charge in [-0.3, -0.25) is 0 Å². The van der Waals surface area contributed by atoms with E-state index < -0.39 is 0 Å². The van der Waals surface area contributed by atoms with Crippen LogP contribution in [0, 0.1) is 0 Å².